The molecule has 7 heteroatoms. The number of nitrogens with zero attached hydrogens (tertiary/aromatic N) is 5. The van der Waals surface area contributed by atoms with Gasteiger partial charge in [0.15, 0.2) is 17.4 Å². The van der Waals surface area contributed by atoms with E-state index in [4.69, 9.17) is 14.7 Å². The Hall–Kier alpha value is -3.58. The maximum Gasteiger partial charge on any atom is 0.165 e. The number of anilines is 1. The summed E-state index contributed by atoms with van der Waals surface area (Å²) >= 11 is 0. The monoisotopic (exact) mass is 429 g/mol. The molecule has 0 unspecified atom stereocenters. The number of pyridine rings is 1. The van der Waals surface area contributed by atoms with Crippen molar-refractivity contribution in [2.24, 2.45) is 0 Å². The summed E-state index contributed by atoms with van der Waals surface area (Å²) in [5, 5.41) is 1.05. The first kappa shape index (κ1) is 20.3. The highest BCUT2D eigenvalue weighted by Crippen LogP contribution is 2.28. The van der Waals surface area contributed by atoms with E-state index >= 15 is 0 Å². The maximum atomic E-state index is 14.0. The Labute approximate surface area is 186 Å². The number of para-hydroxylation sites is 1. The van der Waals surface area contributed by atoms with Gasteiger partial charge in [0.1, 0.15) is 5.82 Å². The molecule has 1 aliphatic heterocycles. The van der Waals surface area contributed by atoms with Gasteiger partial charge in [-0.1, -0.05) is 18.2 Å². The third kappa shape index (κ3) is 4.11. The number of piperazine rings is 1. The lowest BCUT2D eigenvalue weighted by atomic mass is 10.1. The second-order valence-electron chi connectivity index (χ2n) is 7.86. The predicted molar refractivity (Wildman–Crippen MR) is 123 cm³/mol. The van der Waals surface area contributed by atoms with Crippen LogP contribution in [0.1, 0.15) is 5.56 Å². The smallest absolute Gasteiger partial charge is 0.165 e. The van der Waals surface area contributed by atoms with Gasteiger partial charge in [0, 0.05) is 56.1 Å². The molecule has 32 heavy (non-hydrogen) atoms. The molecule has 162 valence electrons. The van der Waals surface area contributed by atoms with Crippen molar-refractivity contribution in [1.29, 1.82) is 0 Å². The standard InChI is InChI=1S/C25H24FN5O/c1-32-23-9-8-18(15-21(23)26)17-30-11-13-31(14-12-30)25-20-6-2-3-7-22(20)28-24(29-25)19-5-4-10-27-16-19/h2-10,15-16H,11-14,17H2,1H3. The normalized spacial score (nSPS) is 14.6. The Morgan fingerprint density at radius 2 is 1.81 bits per heavy atom. The summed E-state index contributed by atoms with van der Waals surface area (Å²) in [5.41, 5.74) is 2.77. The van der Waals surface area contributed by atoms with Gasteiger partial charge < -0.3 is 9.64 Å². The minimum atomic E-state index is -0.320. The van der Waals surface area contributed by atoms with Crippen molar-refractivity contribution in [3.8, 4) is 17.1 Å². The van der Waals surface area contributed by atoms with Crippen LogP contribution in [0.5, 0.6) is 5.75 Å². The molecule has 0 aliphatic carbocycles. The Morgan fingerprint density at radius 3 is 2.56 bits per heavy atom. The first-order valence-corrected chi connectivity index (χ1v) is 10.7. The molecule has 1 fully saturated rings. The van der Waals surface area contributed by atoms with Crippen molar-refractivity contribution in [3.05, 3.63) is 78.4 Å². The van der Waals surface area contributed by atoms with Gasteiger partial charge in [-0.3, -0.25) is 9.88 Å². The molecular weight excluding hydrogens is 405 g/mol. The van der Waals surface area contributed by atoms with E-state index in [1.807, 2.05) is 36.4 Å². The number of methoxy groups -OCH3 is 1. The van der Waals surface area contributed by atoms with Crippen molar-refractivity contribution >= 4 is 16.7 Å². The first-order chi connectivity index (χ1) is 15.7. The number of hydrogen-bond acceptors (Lipinski definition) is 6. The van der Waals surface area contributed by atoms with Crippen LogP contribution in [0.25, 0.3) is 22.3 Å². The third-order valence-corrected chi connectivity index (χ3v) is 5.80. The van der Waals surface area contributed by atoms with Gasteiger partial charge in [0.25, 0.3) is 0 Å². The average molecular weight is 429 g/mol. The maximum absolute atomic E-state index is 14.0. The molecule has 0 atom stereocenters. The number of aromatic nitrogens is 3. The number of ether oxygens (including phenoxy) is 1. The van der Waals surface area contributed by atoms with Gasteiger partial charge in [-0.15, -0.1) is 0 Å². The number of halogens is 1. The van der Waals surface area contributed by atoms with Crippen LogP contribution in [-0.4, -0.2) is 53.1 Å². The Bertz CT molecular complexity index is 1230. The zero-order valence-corrected chi connectivity index (χ0v) is 17.9. The highest BCUT2D eigenvalue weighted by Gasteiger charge is 2.21. The van der Waals surface area contributed by atoms with E-state index in [0.29, 0.717) is 12.4 Å². The molecule has 2 aromatic carbocycles. The molecule has 2 aromatic heterocycles. The van der Waals surface area contributed by atoms with Crippen LogP contribution in [0, 0.1) is 5.82 Å². The van der Waals surface area contributed by atoms with Crippen LogP contribution in [0.3, 0.4) is 0 Å². The van der Waals surface area contributed by atoms with Gasteiger partial charge in [-0.05, 0) is 42.0 Å². The van der Waals surface area contributed by atoms with Crippen LogP contribution >= 0.6 is 0 Å². The lowest BCUT2D eigenvalue weighted by Gasteiger charge is -2.36. The van der Waals surface area contributed by atoms with Crippen molar-refractivity contribution in [1.82, 2.24) is 19.9 Å². The fraction of sp³-hybridized carbons (Fsp3) is 0.240. The number of rotatable bonds is 5. The Kier molecular flexibility index (Phi) is 5.64. The quantitative estimate of drug-likeness (QED) is 0.475. The topological polar surface area (TPSA) is 54.4 Å². The fourth-order valence-corrected chi connectivity index (χ4v) is 4.11. The largest absolute Gasteiger partial charge is 0.494 e. The minimum absolute atomic E-state index is 0.277. The van der Waals surface area contributed by atoms with Crippen molar-refractivity contribution in [3.63, 3.8) is 0 Å². The summed E-state index contributed by atoms with van der Waals surface area (Å²) in [7, 11) is 1.48. The zero-order valence-electron chi connectivity index (χ0n) is 17.9. The molecule has 0 bridgehead atoms. The third-order valence-electron chi connectivity index (χ3n) is 5.80. The van der Waals surface area contributed by atoms with Crippen molar-refractivity contribution in [2.45, 2.75) is 6.54 Å². The van der Waals surface area contributed by atoms with Crippen LogP contribution in [0.15, 0.2) is 67.0 Å². The molecule has 0 amide bonds. The van der Waals surface area contributed by atoms with E-state index in [9.17, 15) is 4.39 Å². The number of fused-ring (bicyclic) bond motifs is 1. The molecule has 0 N–H and O–H groups in total. The summed E-state index contributed by atoms with van der Waals surface area (Å²) in [4.78, 5) is 18.6. The highest BCUT2D eigenvalue weighted by molar-refractivity contribution is 5.91. The SMILES string of the molecule is COc1ccc(CN2CCN(c3nc(-c4cccnc4)nc4ccccc34)CC2)cc1F. The molecule has 0 saturated carbocycles. The second kappa shape index (κ2) is 8.88. The number of benzene rings is 2. The summed E-state index contributed by atoms with van der Waals surface area (Å²) in [5.74, 6) is 1.59. The Balaban J connectivity index is 1.36. The van der Waals surface area contributed by atoms with E-state index in [0.717, 1.165) is 54.0 Å². The van der Waals surface area contributed by atoms with Gasteiger partial charge in [-0.25, -0.2) is 14.4 Å². The van der Waals surface area contributed by atoms with Crippen LogP contribution in [-0.2, 0) is 6.54 Å². The summed E-state index contributed by atoms with van der Waals surface area (Å²) < 4.78 is 19.1. The summed E-state index contributed by atoms with van der Waals surface area (Å²) in [6.07, 6.45) is 3.54. The van der Waals surface area contributed by atoms with E-state index in [2.05, 4.69) is 20.9 Å². The van der Waals surface area contributed by atoms with Gasteiger partial charge in [0.05, 0.1) is 12.6 Å². The highest BCUT2D eigenvalue weighted by atomic mass is 19.1. The molecule has 6 nitrogen and oxygen atoms in total. The van der Waals surface area contributed by atoms with E-state index < -0.39 is 0 Å². The fourth-order valence-electron chi connectivity index (χ4n) is 4.11. The summed E-state index contributed by atoms with van der Waals surface area (Å²) in [6.45, 7) is 4.13. The van der Waals surface area contributed by atoms with Gasteiger partial charge >= 0.3 is 0 Å². The number of hydrogen-bond donors (Lipinski definition) is 0. The van der Waals surface area contributed by atoms with E-state index in [-0.39, 0.29) is 11.6 Å². The van der Waals surface area contributed by atoms with Crippen molar-refractivity contribution < 1.29 is 9.13 Å². The van der Waals surface area contributed by atoms with Gasteiger partial charge in [-0.2, -0.15) is 0 Å². The zero-order chi connectivity index (χ0) is 21.9. The molecular formula is C25H24FN5O. The van der Waals surface area contributed by atoms with Gasteiger partial charge in [0.2, 0.25) is 0 Å². The Morgan fingerprint density at radius 1 is 0.969 bits per heavy atom. The molecule has 3 heterocycles. The second-order valence-corrected chi connectivity index (χ2v) is 7.86. The molecule has 4 aromatic rings. The lowest BCUT2D eigenvalue weighted by molar-refractivity contribution is 0.249. The minimum Gasteiger partial charge on any atom is -0.494 e. The van der Waals surface area contributed by atoms with Crippen molar-refractivity contribution in [2.75, 3.05) is 38.2 Å². The molecule has 1 saturated heterocycles. The molecule has 0 radical (unpaired) electrons. The predicted octanol–water partition coefficient (Wildman–Crippen LogP) is 4.16. The first-order valence-electron chi connectivity index (χ1n) is 10.7. The van der Waals surface area contributed by atoms with E-state index in [1.54, 1.807) is 24.5 Å². The lowest BCUT2D eigenvalue weighted by Crippen LogP contribution is -2.46. The average Bonchev–Trinajstić information content (AvgIpc) is 2.84. The van der Waals surface area contributed by atoms with Crippen LogP contribution in [0.4, 0.5) is 10.2 Å². The van der Waals surface area contributed by atoms with Crippen LogP contribution in [0.2, 0.25) is 0 Å². The molecule has 0 spiro atoms. The van der Waals surface area contributed by atoms with E-state index in [1.165, 1.54) is 7.11 Å². The molecule has 1 aliphatic rings. The van der Waals surface area contributed by atoms with Crippen LogP contribution < -0.4 is 9.64 Å². The molecule has 5 rings (SSSR count). The summed E-state index contributed by atoms with van der Waals surface area (Å²) in [6, 6.07) is 17.2.